The van der Waals surface area contributed by atoms with Crippen LogP contribution in [0.4, 0.5) is 4.39 Å². The summed E-state index contributed by atoms with van der Waals surface area (Å²) < 4.78 is 23.5. The van der Waals surface area contributed by atoms with Crippen molar-refractivity contribution in [3.63, 3.8) is 0 Å². The molecule has 0 saturated carbocycles. The van der Waals surface area contributed by atoms with Crippen LogP contribution in [0.3, 0.4) is 0 Å². The Balaban J connectivity index is 2.58. The van der Waals surface area contributed by atoms with Crippen LogP contribution in [0, 0.1) is 5.82 Å². The molecule has 0 aromatic heterocycles. The van der Waals surface area contributed by atoms with Crippen LogP contribution in [0.15, 0.2) is 23.2 Å². The highest BCUT2D eigenvalue weighted by Crippen LogP contribution is 2.17. The first-order valence-corrected chi connectivity index (χ1v) is 7.04. The van der Waals surface area contributed by atoms with E-state index < -0.39 is 0 Å². The third-order valence-electron chi connectivity index (χ3n) is 2.80. The largest absolute Gasteiger partial charge is 0.494 e. The second-order valence-electron chi connectivity index (χ2n) is 4.44. The molecule has 0 fully saturated rings. The number of benzene rings is 1. The number of aliphatic imine (C=N–C) groups is 1. The summed E-state index contributed by atoms with van der Waals surface area (Å²) in [6.07, 6.45) is 0.901. The normalized spacial score (nSPS) is 11.3. The second kappa shape index (κ2) is 9.99. The lowest BCUT2D eigenvalue weighted by Crippen LogP contribution is -2.38. The Bertz CT molecular complexity index is 453. The highest BCUT2D eigenvalue weighted by atomic mass is 19.1. The number of nitrogens with zero attached hydrogens (tertiary/aromatic N) is 1. The van der Waals surface area contributed by atoms with Crippen molar-refractivity contribution in [2.75, 3.05) is 33.9 Å². The quantitative estimate of drug-likeness (QED) is 0.437. The van der Waals surface area contributed by atoms with Gasteiger partial charge in [-0.25, -0.2) is 9.38 Å². The molecular weight excluding hydrogens is 273 g/mol. The lowest BCUT2D eigenvalue weighted by atomic mass is 10.2. The summed E-state index contributed by atoms with van der Waals surface area (Å²) in [5, 5.41) is 6.35. The van der Waals surface area contributed by atoms with Crippen LogP contribution in [-0.2, 0) is 11.3 Å². The van der Waals surface area contributed by atoms with Crippen LogP contribution in [0.25, 0.3) is 0 Å². The number of methoxy groups -OCH3 is 2. The Labute approximate surface area is 125 Å². The van der Waals surface area contributed by atoms with Crippen molar-refractivity contribution in [2.24, 2.45) is 4.99 Å². The van der Waals surface area contributed by atoms with Crippen molar-refractivity contribution in [2.45, 2.75) is 19.9 Å². The van der Waals surface area contributed by atoms with Gasteiger partial charge >= 0.3 is 0 Å². The summed E-state index contributed by atoms with van der Waals surface area (Å²) in [5.74, 6) is 0.584. The van der Waals surface area contributed by atoms with E-state index in [4.69, 9.17) is 9.47 Å². The first kappa shape index (κ1) is 17.2. The summed E-state index contributed by atoms with van der Waals surface area (Å²) in [7, 11) is 3.13. The number of hydrogen-bond donors (Lipinski definition) is 2. The average Bonchev–Trinajstić information content (AvgIpc) is 2.49. The van der Waals surface area contributed by atoms with E-state index >= 15 is 0 Å². The molecule has 0 aliphatic heterocycles. The molecule has 21 heavy (non-hydrogen) atoms. The van der Waals surface area contributed by atoms with Gasteiger partial charge in [0.2, 0.25) is 0 Å². The number of hydrogen-bond acceptors (Lipinski definition) is 3. The molecule has 0 atom stereocenters. The van der Waals surface area contributed by atoms with Gasteiger partial charge < -0.3 is 20.1 Å². The molecule has 0 heterocycles. The third kappa shape index (κ3) is 6.44. The average molecular weight is 297 g/mol. The monoisotopic (exact) mass is 297 g/mol. The van der Waals surface area contributed by atoms with Crippen LogP contribution in [0.5, 0.6) is 5.75 Å². The summed E-state index contributed by atoms with van der Waals surface area (Å²) >= 11 is 0. The van der Waals surface area contributed by atoms with E-state index in [0.717, 1.165) is 25.1 Å². The van der Waals surface area contributed by atoms with Gasteiger partial charge in [-0.15, -0.1) is 0 Å². The van der Waals surface area contributed by atoms with E-state index in [1.807, 2.05) is 6.92 Å². The van der Waals surface area contributed by atoms with E-state index in [1.165, 1.54) is 13.2 Å². The van der Waals surface area contributed by atoms with Crippen molar-refractivity contribution in [1.82, 2.24) is 10.6 Å². The highest BCUT2D eigenvalue weighted by molar-refractivity contribution is 5.79. The highest BCUT2D eigenvalue weighted by Gasteiger charge is 2.03. The molecule has 0 amide bonds. The topological polar surface area (TPSA) is 54.9 Å². The van der Waals surface area contributed by atoms with Crippen LogP contribution in [0.2, 0.25) is 0 Å². The van der Waals surface area contributed by atoms with Crippen LogP contribution in [-0.4, -0.2) is 39.9 Å². The van der Waals surface area contributed by atoms with Crippen molar-refractivity contribution in [3.05, 3.63) is 29.6 Å². The molecule has 0 spiro atoms. The molecule has 118 valence electrons. The van der Waals surface area contributed by atoms with Crippen LogP contribution in [0.1, 0.15) is 18.9 Å². The molecule has 2 N–H and O–H groups in total. The molecule has 0 aliphatic carbocycles. The Morgan fingerprint density at radius 3 is 2.71 bits per heavy atom. The van der Waals surface area contributed by atoms with Crippen molar-refractivity contribution in [1.29, 1.82) is 0 Å². The van der Waals surface area contributed by atoms with Crippen molar-refractivity contribution >= 4 is 5.96 Å². The van der Waals surface area contributed by atoms with E-state index in [2.05, 4.69) is 15.6 Å². The Morgan fingerprint density at radius 2 is 2.10 bits per heavy atom. The zero-order valence-corrected chi connectivity index (χ0v) is 12.9. The third-order valence-corrected chi connectivity index (χ3v) is 2.80. The lowest BCUT2D eigenvalue weighted by Gasteiger charge is -2.11. The van der Waals surface area contributed by atoms with E-state index in [9.17, 15) is 4.39 Å². The fourth-order valence-electron chi connectivity index (χ4n) is 1.74. The molecule has 1 rings (SSSR count). The maximum atomic E-state index is 13.6. The second-order valence-corrected chi connectivity index (χ2v) is 4.44. The predicted octanol–water partition coefficient (Wildman–Crippen LogP) is 1.93. The minimum atomic E-state index is -0.372. The number of ether oxygens (including phenoxy) is 2. The van der Waals surface area contributed by atoms with Gasteiger partial charge in [0.25, 0.3) is 0 Å². The molecule has 5 nitrogen and oxygen atoms in total. The molecule has 0 unspecified atom stereocenters. The van der Waals surface area contributed by atoms with Crippen molar-refractivity contribution in [3.8, 4) is 5.75 Å². The Kier molecular flexibility index (Phi) is 8.19. The first-order valence-electron chi connectivity index (χ1n) is 7.04. The Hall–Kier alpha value is -1.82. The zero-order valence-electron chi connectivity index (χ0n) is 12.9. The molecule has 6 heteroatoms. The van der Waals surface area contributed by atoms with Gasteiger partial charge in [-0.3, -0.25) is 0 Å². The van der Waals surface area contributed by atoms with E-state index in [0.29, 0.717) is 19.1 Å². The molecular formula is C15H24FN3O2. The van der Waals surface area contributed by atoms with Gasteiger partial charge in [0.15, 0.2) is 17.5 Å². The Morgan fingerprint density at radius 1 is 1.29 bits per heavy atom. The van der Waals surface area contributed by atoms with Crippen molar-refractivity contribution < 1.29 is 13.9 Å². The number of guanidine groups is 1. The van der Waals surface area contributed by atoms with Gasteiger partial charge in [0.1, 0.15) is 0 Å². The summed E-state index contributed by atoms with van der Waals surface area (Å²) in [5.41, 5.74) is 0.794. The molecule has 0 bridgehead atoms. The van der Waals surface area contributed by atoms with Gasteiger partial charge in [-0.05, 0) is 31.0 Å². The zero-order chi connectivity index (χ0) is 15.5. The van der Waals surface area contributed by atoms with Gasteiger partial charge in [0, 0.05) is 26.8 Å². The van der Waals surface area contributed by atoms with Crippen LogP contribution < -0.4 is 15.4 Å². The number of rotatable bonds is 8. The lowest BCUT2D eigenvalue weighted by molar-refractivity contribution is 0.195. The molecule has 0 aliphatic rings. The summed E-state index contributed by atoms with van der Waals surface area (Å²) in [6, 6.07) is 4.86. The fourth-order valence-corrected chi connectivity index (χ4v) is 1.74. The maximum absolute atomic E-state index is 13.6. The van der Waals surface area contributed by atoms with Crippen LogP contribution >= 0.6 is 0 Å². The maximum Gasteiger partial charge on any atom is 0.191 e. The minimum Gasteiger partial charge on any atom is -0.494 e. The number of halogens is 1. The molecule has 1 aromatic rings. The molecule has 0 saturated heterocycles. The standard InChI is InChI=1S/C15H24FN3O2/c1-4-17-15(18-8-5-9-20-2)19-11-12-6-7-14(21-3)13(16)10-12/h6-7,10H,4-5,8-9,11H2,1-3H3,(H2,17,18,19). The summed E-state index contributed by atoms with van der Waals surface area (Å²) in [6.45, 7) is 4.65. The van der Waals surface area contributed by atoms with Gasteiger partial charge in [-0.2, -0.15) is 0 Å². The van der Waals surface area contributed by atoms with E-state index in [1.54, 1.807) is 19.2 Å². The first-order chi connectivity index (χ1) is 10.2. The fraction of sp³-hybridized carbons (Fsp3) is 0.533. The molecule has 1 aromatic carbocycles. The number of nitrogens with one attached hydrogen (secondary N) is 2. The van der Waals surface area contributed by atoms with E-state index in [-0.39, 0.29) is 11.6 Å². The minimum absolute atomic E-state index is 0.243. The van der Waals surface area contributed by atoms with Gasteiger partial charge in [0.05, 0.1) is 13.7 Å². The SMILES string of the molecule is CCNC(=NCc1ccc(OC)c(F)c1)NCCCOC. The smallest absolute Gasteiger partial charge is 0.191 e. The van der Waals surface area contributed by atoms with Gasteiger partial charge in [-0.1, -0.05) is 6.07 Å². The molecule has 0 radical (unpaired) electrons. The predicted molar refractivity (Wildman–Crippen MR) is 82.3 cm³/mol. The summed E-state index contributed by atoms with van der Waals surface area (Å²) in [4.78, 5) is 4.42.